The van der Waals surface area contributed by atoms with Crippen molar-refractivity contribution < 1.29 is 4.74 Å². The monoisotopic (exact) mass is 173 g/mol. The Hall–Kier alpha value is -0.0800. The average Bonchev–Trinajstić information content (AvgIpc) is 2.03. The Morgan fingerprint density at radius 1 is 1.25 bits per heavy atom. The summed E-state index contributed by atoms with van der Waals surface area (Å²) in [6.07, 6.45) is 0. The van der Waals surface area contributed by atoms with E-state index in [9.17, 15) is 0 Å². The second-order valence-electron chi connectivity index (χ2n) is 3.62. The maximum Gasteiger partial charge on any atom is 0.0590 e. The summed E-state index contributed by atoms with van der Waals surface area (Å²) in [5.74, 6) is 1.52. The van der Waals surface area contributed by atoms with Crippen LogP contribution < -0.4 is 5.32 Å². The van der Waals surface area contributed by atoms with Crippen LogP contribution in [0.4, 0.5) is 0 Å². The topological polar surface area (TPSA) is 21.3 Å². The zero-order valence-electron chi connectivity index (χ0n) is 8.89. The van der Waals surface area contributed by atoms with Gasteiger partial charge in [-0.1, -0.05) is 20.8 Å². The fraction of sp³-hybridized carbons (Fsp3) is 1.00. The summed E-state index contributed by atoms with van der Waals surface area (Å²) in [7, 11) is 0. The molecule has 0 aliphatic heterocycles. The molecule has 0 amide bonds. The smallest absolute Gasteiger partial charge is 0.0590 e. The molecule has 1 atom stereocenters. The van der Waals surface area contributed by atoms with Crippen LogP contribution in [-0.2, 0) is 4.74 Å². The fourth-order valence-corrected chi connectivity index (χ4v) is 0.854. The molecule has 0 bridgehead atoms. The van der Waals surface area contributed by atoms with Crippen molar-refractivity contribution in [3.63, 3.8) is 0 Å². The normalized spacial score (nSPS) is 13.8. The lowest BCUT2D eigenvalue weighted by Gasteiger charge is -2.15. The highest BCUT2D eigenvalue weighted by molar-refractivity contribution is 4.59. The average molecular weight is 173 g/mol. The molecular formula is C10H23NO. The fourth-order valence-electron chi connectivity index (χ4n) is 0.854. The lowest BCUT2D eigenvalue weighted by atomic mass is 9.98. The van der Waals surface area contributed by atoms with E-state index in [2.05, 4.69) is 26.1 Å². The quantitative estimate of drug-likeness (QED) is 0.594. The van der Waals surface area contributed by atoms with Gasteiger partial charge in [-0.2, -0.15) is 0 Å². The Balaban J connectivity index is 3.08. The summed E-state index contributed by atoms with van der Waals surface area (Å²) in [6.45, 7) is 12.6. The second-order valence-corrected chi connectivity index (χ2v) is 3.62. The summed E-state index contributed by atoms with van der Waals surface area (Å²) in [5, 5.41) is 3.38. The van der Waals surface area contributed by atoms with Crippen LogP contribution in [0.5, 0.6) is 0 Å². The summed E-state index contributed by atoms with van der Waals surface area (Å²) in [4.78, 5) is 0. The van der Waals surface area contributed by atoms with Crippen molar-refractivity contribution in [2.45, 2.75) is 27.7 Å². The van der Waals surface area contributed by atoms with Gasteiger partial charge < -0.3 is 10.1 Å². The molecule has 0 fully saturated rings. The van der Waals surface area contributed by atoms with Crippen LogP contribution in [-0.4, -0.2) is 26.3 Å². The predicted molar refractivity (Wildman–Crippen MR) is 53.4 cm³/mol. The van der Waals surface area contributed by atoms with Crippen molar-refractivity contribution in [1.82, 2.24) is 5.32 Å². The molecule has 0 saturated heterocycles. The molecule has 12 heavy (non-hydrogen) atoms. The first kappa shape index (κ1) is 11.9. The van der Waals surface area contributed by atoms with E-state index in [1.165, 1.54) is 0 Å². The van der Waals surface area contributed by atoms with Crippen LogP contribution in [0.3, 0.4) is 0 Å². The molecule has 0 rings (SSSR count). The first-order chi connectivity index (χ1) is 5.68. The van der Waals surface area contributed by atoms with Gasteiger partial charge in [0.2, 0.25) is 0 Å². The van der Waals surface area contributed by atoms with E-state index >= 15 is 0 Å². The van der Waals surface area contributed by atoms with E-state index < -0.39 is 0 Å². The Labute approximate surface area is 76.7 Å². The van der Waals surface area contributed by atoms with Crippen LogP contribution in [0.2, 0.25) is 0 Å². The van der Waals surface area contributed by atoms with Crippen LogP contribution >= 0.6 is 0 Å². The zero-order chi connectivity index (χ0) is 9.40. The SMILES string of the molecule is CCOCCNCC(C)C(C)C. The third-order valence-electron chi connectivity index (χ3n) is 2.23. The standard InChI is InChI=1S/C10H23NO/c1-5-12-7-6-11-8-10(4)9(2)3/h9-11H,5-8H2,1-4H3. The first-order valence-electron chi connectivity index (χ1n) is 4.97. The van der Waals surface area contributed by atoms with Gasteiger partial charge in [0.05, 0.1) is 6.61 Å². The van der Waals surface area contributed by atoms with E-state index in [1.807, 2.05) is 6.92 Å². The minimum Gasteiger partial charge on any atom is -0.380 e. The van der Waals surface area contributed by atoms with Gasteiger partial charge in [-0.15, -0.1) is 0 Å². The highest BCUT2D eigenvalue weighted by Crippen LogP contribution is 2.06. The van der Waals surface area contributed by atoms with Crippen molar-refractivity contribution in [3.8, 4) is 0 Å². The molecule has 74 valence electrons. The van der Waals surface area contributed by atoms with Gasteiger partial charge in [-0.3, -0.25) is 0 Å². The minimum atomic E-state index is 0.756. The van der Waals surface area contributed by atoms with E-state index in [4.69, 9.17) is 4.74 Å². The van der Waals surface area contributed by atoms with E-state index in [0.29, 0.717) is 0 Å². The Morgan fingerprint density at radius 3 is 2.42 bits per heavy atom. The van der Waals surface area contributed by atoms with Crippen molar-refractivity contribution in [2.24, 2.45) is 11.8 Å². The van der Waals surface area contributed by atoms with Crippen molar-refractivity contribution >= 4 is 0 Å². The summed E-state index contributed by atoms with van der Waals surface area (Å²) < 4.78 is 5.21. The molecule has 0 heterocycles. The van der Waals surface area contributed by atoms with E-state index in [0.717, 1.165) is 38.1 Å². The zero-order valence-corrected chi connectivity index (χ0v) is 8.89. The summed E-state index contributed by atoms with van der Waals surface area (Å²) in [5.41, 5.74) is 0. The Morgan fingerprint density at radius 2 is 1.92 bits per heavy atom. The molecule has 1 unspecified atom stereocenters. The minimum absolute atomic E-state index is 0.756. The van der Waals surface area contributed by atoms with Crippen LogP contribution in [0.25, 0.3) is 0 Å². The predicted octanol–water partition coefficient (Wildman–Crippen LogP) is 1.90. The maximum absolute atomic E-state index is 5.21. The highest BCUT2D eigenvalue weighted by atomic mass is 16.5. The number of hydrogen-bond acceptors (Lipinski definition) is 2. The number of nitrogens with one attached hydrogen (secondary N) is 1. The highest BCUT2D eigenvalue weighted by Gasteiger charge is 2.04. The molecule has 0 aromatic carbocycles. The van der Waals surface area contributed by atoms with Crippen molar-refractivity contribution in [2.75, 3.05) is 26.3 Å². The van der Waals surface area contributed by atoms with Crippen LogP contribution in [0, 0.1) is 11.8 Å². The summed E-state index contributed by atoms with van der Waals surface area (Å²) in [6, 6.07) is 0. The third kappa shape index (κ3) is 6.62. The molecular weight excluding hydrogens is 150 g/mol. The molecule has 2 nitrogen and oxygen atoms in total. The number of ether oxygens (including phenoxy) is 1. The molecule has 2 heteroatoms. The molecule has 1 N–H and O–H groups in total. The largest absolute Gasteiger partial charge is 0.380 e. The number of rotatable bonds is 7. The summed E-state index contributed by atoms with van der Waals surface area (Å²) >= 11 is 0. The van der Waals surface area contributed by atoms with Crippen LogP contribution in [0.1, 0.15) is 27.7 Å². The van der Waals surface area contributed by atoms with Gasteiger partial charge in [-0.05, 0) is 25.3 Å². The Bertz CT molecular complexity index is 93.8. The van der Waals surface area contributed by atoms with Gasteiger partial charge in [0.25, 0.3) is 0 Å². The van der Waals surface area contributed by atoms with Gasteiger partial charge in [-0.25, -0.2) is 0 Å². The van der Waals surface area contributed by atoms with Gasteiger partial charge in [0.1, 0.15) is 0 Å². The molecule has 0 aliphatic rings. The van der Waals surface area contributed by atoms with E-state index in [1.54, 1.807) is 0 Å². The van der Waals surface area contributed by atoms with Crippen molar-refractivity contribution in [1.29, 1.82) is 0 Å². The molecule has 0 aromatic heterocycles. The molecule has 0 saturated carbocycles. The molecule has 0 radical (unpaired) electrons. The lowest BCUT2D eigenvalue weighted by Crippen LogP contribution is -2.27. The second kappa shape index (κ2) is 7.56. The first-order valence-corrected chi connectivity index (χ1v) is 4.97. The molecule has 0 spiro atoms. The maximum atomic E-state index is 5.21. The molecule has 0 aliphatic carbocycles. The van der Waals surface area contributed by atoms with Crippen molar-refractivity contribution in [3.05, 3.63) is 0 Å². The van der Waals surface area contributed by atoms with Crippen LogP contribution in [0.15, 0.2) is 0 Å². The lowest BCUT2D eigenvalue weighted by molar-refractivity contribution is 0.148. The third-order valence-corrected chi connectivity index (χ3v) is 2.23. The van der Waals surface area contributed by atoms with Gasteiger partial charge in [0.15, 0.2) is 0 Å². The Kier molecular flexibility index (Phi) is 7.51. The number of hydrogen-bond donors (Lipinski definition) is 1. The van der Waals surface area contributed by atoms with E-state index in [-0.39, 0.29) is 0 Å². The van der Waals surface area contributed by atoms with Gasteiger partial charge >= 0.3 is 0 Å². The molecule has 0 aromatic rings. The van der Waals surface area contributed by atoms with Gasteiger partial charge in [0, 0.05) is 13.2 Å².